The highest BCUT2D eigenvalue weighted by Gasteiger charge is 2.03. The first kappa shape index (κ1) is 17.2. The van der Waals surface area contributed by atoms with Gasteiger partial charge in [-0.1, -0.05) is 36.4 Å². The third kappa shape index (κ3) is 5.58. The normalized spacial score (nSPS) is 9.76. The molecule has 0 amide bonds. The maximum atomic E-state index is 12.8. The molecule has 21 heavy (non-hydrogen) atoms. The van der Waals surface area contributed by atoms with E-state index in [-0.39, 0.29) is 18.2 Å². The minimum atomic E-state index is -0.234. The average molecular weight is 308 g/mol. The van der Waals surface area contributed by atoms with Crippen molar-refractivity contribution in [1.82, 2.24) is 5.32 Å². The quantitative estimate of drug-likeness (QED) is 0.614. The van der Waals surface area contributed by atoms with Gasteiger partial charge in [-0.2, -0.15) is 0 Å². The van der Waals surface area contributed by atoms with E-state index in [2.05, 4.69) is 11.9 Å². The van der Waals surface area contributed by atoms with Crippen molar-refractivity contribution >= 4 is 12.4 Å². The van der Waals surface area contributed by atoms with Gasteiger partial charge < -0.3 is 10.1 Å². The SMILES string of the molecule is C=CCNCc1ccccc1OCc1ccc(F)cc1.Cl. The van der Waals surface area contributed by atoms with Crippen LogP contribution in [0.3, 0.4) is 0 Å². The number of ether oxygens (including phenoxy) is 1. The van der Waals surface area contributed by atoms with E-state index in [4.69, 9.17) is 4.74 Å². The Morgan fingerprint density at radius 3 is 2.52 bits per heavy atom. The molecule has 0 radical (unpaired) electrons. The summed E-state index contributed by atoms with van der Waals surface area (Å²) in [4.78, 5) is 0. The summed E-state index contributed by atoms with van der Waals surface area (Å²) < 4.78 is 18.6. The number of rotatable bonds is 7. The molecule has 0 aromatic heterocycles. The molecule has 0 aliphatic rings. The Kier molecular flexibility index (Phi) is 7.51. The number of nitrogens with one attached hydrogen (secondary N) is 1. The molecule has 0 aliphatic heterocycles. The zero-order valence-electron chi connectivity index (χ0n) is 11.7. The van der Waals surface area contributed by atoms with E-state index in [0.29, 0.717) is 6.61 Å². The largest absolute Gasteiger partial charge is 0.489 e. The molecule has 2 aromatic rings. The zero-order valence-corrected chi connectivity index (χ0v) is 12.5. The Balaban J connectivity index is 0.00000220. The van der Waals surface area contributed by atoms with Gasteiger partial charge in [0.15, 0.2) is 0 Å². The van der Waals surface area contributed by atoms with Crippen LogP contribution in [-0.2, 0) is 13.2 Å². The van der Waals surface area contributed by atoms with Crippen molar-refractivity contribution in [3.05, 3.63) is 78.1 Å². The van der Waals surface area contributed by atoms with Gasteiger partial charge in [0.2, 0.25) is 0 Å². The minimum absolute atomic E-state index is 0. The molecule has 0 atom stereocenters. The van der Waals surface area contributed by atoms with E-state index in [9.17, 15) is 4.39 Å². The van der Waals surface area contributed by atoms with Crippen LogP contribution in [0.5, 0.6) is 5.75 Å². The molecule has 0 spiro atoms. The van der Waals surface area contributed by atoms with Crippen LogP contribution < -0.4 is 10.1 Å². The molecule has 0 unspecified atom stereocenters. The van der Waals surface area contributed by atoms with Crippen LogP contribution in [0.15, 0.2) is 61.2 Å². The van der Waals surface area contributed by atoms with Crippen molar-refractivity contribution in [2.24, 2.45) is 0 Å². The van der Waals surface area contributed by atoms with E-state index in [0.717, 1.165) is 30.0 Å². The van der Waals surface area contributed by atoms with E-state index < -0.39 is 0 Å². The summed E-state index contributed by atoms with van der Waals surface area (Å²) >= 11 is 0. The number of benzene rings is 2. The lowest BCUT2D eigenvalue weighted by molar-refractivity contribution is 0.302. The lowest BCUT2D eigenvalue weighted by atomic mass is 10.2. The molecule has 2 nitrogen and oxygen atoms in total. The lowest BCUT2D eigenvalue weighted by Gasteiger charge is -2.11. The van der Waals surface area contributed by atoms with Crippen LogP contribution in [0, 0.1) is 5.82 Å². The number of hydrogen-bond donors (Lipinski definition) is 1. The summed E-state index contributed by atoms with van der Waals surface area (Å²) in [7, 11) is 0. The summed E-state index contributed by atoms with van der Waals surface area (Å²) in [5, 5.41) is 3.25. The highest BCUT2D eigenvalue weighted by atomic mass is 35.5. The van der Waals surface area contributed by atoms with Crippen LogP contribution in [0.1, 0.15) is 11.1 Å². The Hall–Kier alpha value is -1.84. The van der Waals surface area contributed by atoms with Crippen LogP contribution in [0.2, 0.25) is 0 Å². The zero-order chi connectivity index (χ0) is 14.2. The lowest BCUT2D eigenvalue weighted by Crippen LogP contribution is -2.13. The van der Waals surface area contributed by atoms with Gasteiger partial charge in [-0.05, 0) is 23.8 Å². The molecule has 112 valence electrons. The fourth-order valence-electron chi connectivity index (χ4n) is 1.84. The average Bonchev–Trinajstić information content (AvgIpc) is 2.48. The van der Waals surface area contributed by atoms with E-state index in [1.807, 2.05) is 30.3 Å². The summed E-state index contributed by atoms with van der Waals surface area (Å²) in [6, 6.07) is 14.2. The first-order valence-corrected chi connectivity index (χ1v) is 6.56. The molecular weight excluding hydrogens is 289 g/mol. The second-order valence-electron chi connectivity index (χ2n) is 4.44. The highest BCUT2D eigenvalue weighted by molar-refractivity contribution is 5.85. The van der Waals surface area contributed by atoms with Gasteiger partial charge in [-0.15, -0.1) is 19.0 Å². The molecule has 2 rings (SSSR count). The molecule has 0 bridgehead atoms. The molecule has 0 saturated heterocycles. The molecule has 2 aromatic carbocycles. The Morgan fingerprint density at radius 1 is 1.10 bits per heavy atom. The fourth-order valence-corrected chi connectivity index (χ4v) is 1.84. The minimum Gasteiger partial charge on any atom is -0.489 e. The third-order valence-electron chi connectivity index (χ3n) is 2.88. The topological polar surface area (TPSA) is 21.3 Å². The van der Waals surface area contributed by atoms with Gasteiger partial charge in [-0.25, -0.2) is 4.39 Å². The maximum absolute atomic E-state index is 12.8. The first-order valence-electron chi connectivity index (χ1n) is 6.56. The molecule has 4 heteroatoms. The summed E-state index contributed by atoms with van der Waals surface area (Å²) in [6.07, 6.45) is 1.82. The predicted molar refractivity (Wildman–Crippen MR) is 86.3 cm³/mol. The summed E-state index contributed by atoms with van der Waals surface area (Å²) in [5.74, 6) is 0.608. The van der Waals surface area contributed by atoms with Gasteiger partial charge in [0, 0.05) is 18.7 Å². The second-order valence-corrected chi connectivity index (χ2v) is 4.44. The number of para-hydroxylation sites is 1. The Morgan fingerprint density at radius 2 is 1.81 bits per heavy atom. The predicted octanol–water partition coefficient (Wildman–Crippen LogP) is 4.10. The Labute approximate surface area is 131 Å². The second kappa shape index (κ2) is 9.16. The smallest absolute Gasteiger partial charge is 0.124 e. The van der Waals surface area contributed by atoms with Gasteiger partial charge in [0.05, 0.1) is 0 Å². The maximum Gasteiger partial charge on any atom is 0.124 e. The van der Waals surface area contributed by atoms with Gasteiger partial charge in [0.1, 0.15) is 18.2 Å². The molecule has 0 saturated carbocycles. The molecule has 0 fully saturated rings. The Bertz CT molecular complexity index is 557. The van der Waals surface area contributed by atoms with Crippen LogP contribution in [0.25, 0.3) is 0 Å². The van der Waals surface area contributed by atoms with Crippen molar-refractivity contribution < 1.29 is 9.13 Å². The highest BCUT2D eigenvalue weighted by Crippen LogP contribution is 2.19. The fraction of sp³-hybridized carbons (Fsp3) is 0.176. The third-order valence-corrected chi connectivity index (χ3v) is 2.88. The molecular formula is C17H19ClFNO. The molecule has 1 N–H and O–H groups in total. The van der Waals surface area contributed by atoms with E-state index in [1.165, 1.54) is 12.1 Å². The van der Waals surface area contributed by atoms with Crippen molar-refractivity contribution in [3.63, 3.8) is 0 Å². The van der Waals surface area contributed by atoms with Gasteiger partial charge in [-0.3, -0.25) is 0 Å². The van der Waals surface area contributed by atoms with Crippen LogP contribution in [0.4, 0.5) is 4.39 Å². The number of halogens is 2. The number of hydrogen-bond acceptors (Lipinski definition) is 2. The van der Waals surface area contributed by atoms with Gasteiger partial charge in [0.25, 0.3) is 0 Å². The van der Waals surface area contributed by atoms with Crippen molar-refractivity contribution in [2.45, 2.75) is 13.2 Å². The standard InChI is InChI=1S/C17H18FNO.ClH/c1-2-11-19-12-15-5-3-4-6-17(15)20-13-14-7-9-16(18)10-8-14;/h2-10,19H,1,11-13H2;1H. The van der Waals surface area contributed by atoms with Crippen molar-refractivity contribution in [1.29, 1.82) is 0 Å². The van der Waals surface area contributed by atoms with Crippen molar-refractivity contribution in [3.8, 4) is 5.75 Å². The van der Waals surface area contributed by atoms with Crippen molar-refractivity contribution in [2.75, 3.05) is 6.54 Å². The van der Waals surface area contributed by atoms with Crippen LogP contribution in [-0.4, -0.2) is 6.54 Å². The van der Waals surface area contributed by atoms with E-state index >= 15 is 0 Å². The monoisotopic (exact) mass is 307 g/mol. The van der Waals surface area contributed by atoms with Gasteiger partial charge >= 0.3 is 0 Å². The molecule has 0 aliphatic carbocycles. The van der Waals surface area contributed by atoms with Crippen LogP contribution >= 0.6 is 12.4 Å². The molecule has 0 heterocycles. The van der Waals surface area contributed by atoms with E-state index in [1.54, 1.807) is 12.1 Å². The summed E-state index contributed by atoms with van der Waals surface area (Å²) in [5.41, 5.74) is 2.04. The first-order chi connectivity index (χ1) is 9.79. The summed E-state index contributed by atoms with van der Waals surface area (Å²) in [6.45, 7) is 5.59.